The first-order valence-electron chi connectivity index (χ1n) is 22.1. The van der Waals surface area contributed by atoms with Crippen LogP contribution in [0.3, 0.4) is 0 Å². The summed E-state index contributed by atoms with van der Waals surface area (Å²) in [5.41, 5.74) is 2.85. The molecule has 4 aromatic rings. The molecule has 0 saturated carbocycles. The van der Waals surface area contributed by atoms with Gasteiger partial charge >= 0.3 is 0 Å². The molecule has 1 unspecified atom stereocenters. The van der Waals surface area contributed by atoms with E-state index < -0.39 is 48.1 Å². The third kappa shape index (κ3) is 11.9. The van der Waals surface area contributed by atoms with E-state index in [-0.39, 0.29) is 136 Å². The molecular weight excluding hydrogens is 887 g/mol. The number of aromatic hydroxyl groups is 1. The van der Waals surface area contributed by atoms with E-state index in [4.69, 9.17) is 23.5 Å². The summed E-state index contributed by atoms with van der Waals surface area (Å²) in [6.07, 6.45) is 1.77. The highest BCUT2D eigenvalue weighted by Gasteiger charge is 2.46. The fraction of sp³-hybridized carbons (Fsp3) is 0.383. The number of piperidine rings is 1. The summed E-state index contributed by atoms with van der Waals surface area (Å²) in [5.74, 6) is -4.26. The van der Waals surface area contributed by atoms with Crippen molar-refractivity contribution in [2.45, 2.75) is 44.2 Å². The zero-order valence-corrected chi connectivity index (χ0v) is 37.2. The Bertz CT molecular complexity index is 2560. The molecule has 21 heteroatoms. The van der Waals surface area contributed by atoms with Gasteiger partial charge < -0.3 is 49.4 Å². The highest BCUT2D eigenvalue weighted by Crippen LogP contribution is 2.34. The first-order chi connectivity index (χ1) is 32.9. The third-order valence-electron chi connectivity index (χ3n) is 11.4. The number of nitrogens with one attached hydrogen (secondary N) is 4. The van der Waals surface area contributed by atoms with Gasteiger partial charge in [-0.1, -0.05) is 41.6 Å². The summed E-state index contributed by atoms with van der Waals surface area (Å²) in [6.45, 7) is 1.40. The molecular formula is C47H51N7O14. The Labute approximate surface area is 389 Å². The molecule has 0 bridgehead atoms. The Morgan fingerprint density at radius 1 is 0.838 bits per heavy atom. The zero-order valence-electron chi connectivity index (χ0n) is 37.2. The quantitative estimate of drug-likeness (QED) is 0.0523. The Morgan fingerprint density at radius 2 is 1.59 bits per heavy atom. The van der Waals surface area contributed by atoms with Crippen molar-refractivity contribution in [3.05, 3.63) is 100 Å². The molecule has 1 fully saturated rings. The number of carbonyl (C=O) groups is 8. The molecule has 8 amide bonds. The number of carbonyl (C=O) groups excluding carboxylic acids is 8. The Hall–Kier alpha value is -7.49. The number of likely N-dealkylation sites (N-methyl/N-ethyl adjacent to an activating group) is 1. The molecule has 2 atom stereocenters. The van der Waals surface area contributed by atoms with Crippen LogP contribution in [0.15, 0.2) is 71.3 Å². The number of aromatic nitrogens is 1. The molecule has 3 aliphatic rings. The first-order valence-corrected chi connectivity index (χ1v) is 22.1. The van der Waals surface area contributed by atoms with Gasteiger partial charge in [-0.2, -0.15) is 0 Å². The van der Waals surface area contributed by atoms with E-state index in [2.05, 4.69) is 32.5 Å². The minimum absolute atomic E-state index is 0.00952. The van der Waals surface area contributed by atoms with Crippen molar-refractivity contribution in [1.82, 2.24) is 36.2 Å². The van der Waals surface area contributed by atoms with E-state index in [1.807, 2.05) is 18.2 Å². The lowest BCUT2D eigenvalue weighted by Gasteiger charge is -2.27. The van der Waals surface area contributed by atoms with Crippen molar-refractivity contribution in [2.75, 3.05) is 72.9 Å². The summed E-state index contributed by atoms with van der Waals surface area (Å²) in [6, 6.07) is 17.0. The van der Waals surface area contributed by atoms with Gasteiger partial charge in [0.05, 0.1) is 62.4 Å². The Balaban J connectivity index is 0.692. The van der Waals surface area contributed by atoms with Crippen molar-refractivity contribution < 1.29 is 66.9 Å². The van der Waals surface area contributed by atoms with Crippen LogP contribution < -0.4 is 26.0 Å². The third-order valence-corrected chi connectivity index (χ3v) is 11.4. The van der Waals surface area contributed by atoms with Crippen LogP contribution in [0.1, 0.15) is 84.4 Å². The van der Waals surface area contributed by atoms with Crippen LogP contribution >= 0.6 is 0 Å². The van der Waals surface area contributed by atoms with E-state index in [1.54, 1.807) is 13.1 Å². The number of ether oxygens (including phenoxy) is 4. The molecule has 0 spiro atoms. The molecule has 7 rings (SSSR count). The van der Waals surface area contributed by atoms with Gasteiger partial charge in [0.2, 0.25) is 17.7 Å². The average molecular weight is 938 g/mol. The maximum Gasteiger partial charge on any atom is 0.273 e. The monoisotopic (exact) mass is 937 g/mol. The highest BCUT2D eigenvalue weighted by molar-refractivity contribution is 6.24. The molecule has 21 nitrogen and oxygen atoms in total. The number of nitrogens with zero attached hydrogens (tertiary/aromatic N) is 3. The number of aryl methyl sites for hydroxylation is 1. The van der Waals surface area contributed by atoms with Gasteiger partial charge in [-0.15, -0.1) is 0 Å². The van der Waals surface area contributed by atoms with Gasteiger partial charge in [0, 0.05) is 51.2 Å². The predicted octanol–water partition coefficient (Wildman–Crippen LogP) is 1.69. The number of rotatable bonds is 23. The maximum absolute atomic E-state index is 13.2. The predicted molar refractivity (Wildman–Crippen MR) is 237 cm³/mol. The lowest BCUT2D eigenvalue weighted by atomic mass is 10.0. The summed E-state index contributed by atoms with van der Waals surface area (Å²) < 4.78 is 27.3. The van der Waals surface area contributed by atoms with Gasteiger partial charge in [-0.25, -0.2) is 0 Å². The SMILES string of the molecule is CN(CCNC(=O)CCOCCOCCOCCNC(=O)COc1cccc2c1C(=O)N(C1CCC(=O)NC1=O)C2=O)C(=O)c1ccc(-c2cc(C(=O)N[C@@H]3CCc4ccccc43)no2)cc1O. The van der Waals surface area contributed by atoms with Crippen LogP contribution in [0.4, 0.5) is 0 Å². The number of fused-ring (bicyclic) bond motifs is 2. The fourth-order valence-corrected chi connectivity index (χ4v) is 7.85. The molecule has 3 aromatic carbocycles. The van der Waals surface area contributed by atoms with Crippen LogP contribution in [0.2, 0.25) is 0 Å². The van der Waals surface area contributed by atoms with Gasteiger partial charge in [-0.3, -0.25) is 48.6 Å². The number of benzene rings is 3. The zero-order chi connectivity index (χ0) is 48.2. The molecule has 1 aliphatic carbocycles. The van der Waals surface area contributed by atoms with E-state index in [0.29, 0.717) is 5.56 Å². The summed E-state index contributed by atoms with van der Waals surface area (Å²) in [4.78, 5) is 103. The largest absolute Gasteiger partial charge is 0.507 e. The van der Waals surface area contributed by atoms with Crippen molar-refractivity contribution in [3.8, 4) is 22.8 Å². The molecule has 2 aliphatic heterocycles. The van der Waals surface area contributed by atoms with Crippen LogP contribution in [0, 0.1) is 0 Å². The van der Waals surface area contributed by atoms with Crippen molar-refractivity contribution in [2.24, 2.45) is 0 Å². The minimum Gasteiger partial charge on any atom is -0.507 e. The number of phenolic OH excluding ortho intramolecular Hbond substituents is 1. The lowest BCUT2D eigenvalue weighted by Crippen LogP contribution is -2.54. The number of amides is 8. The van der Waals surface area contributed by atoms with Crippen LogP contribution in [-0.2, 0) is 39.8 Å². The topological polar surface area (TPSA) is 274 Å². The number of hydrogen-bond acceptors (Lipinski definition) is 15. The second-order valence-corrected chi connectivity index (χ2v) is 16.0. The minimum atomic E-state index is -1.12. The number of imide groups is 2. The van der Waals surface area contributed by atoms with Crippen molar-refractivity contribution >= 4 is 47.3 Å². The van der Waals surface area contributed by atoms with Gasteiger partial charge in [0.25, 0.3) is 29.5 Å². The van der Waals surface area contributed by atoms with E-state index in [0.717, 1.165) is 23.3 Å². The first kappa shape index (κ1) is 48.4. The molecule has 1 saturated heterocycles. The van der Waals surface area contributed by atoms with Crippen LogP contribution in [0.25, 0.3) is 11.3 Å². The molecule has 68 heavy (non-hydrogen) atoms. The lowest BCUT2D eigenvalue weighted by molar-refractivity contribution is -0.136. The van der Waals surface area contributed by atoms with E-state index in [9.17, 15) is 43.5 Å². The summed E-state index contributed by atoms with van der Waals surface area (Å²) in [5, 5.41) is 25.1. The maximum atomic E-state index is 13.2. The molecule has 3 heterocycles. The normalized spacial score (nSPS) is 16.2. The molecule has 1 aromatic heterocycles. The van der Waals surface area contributed by atoms with E-state index >= 15 is 0 Å². The number of phenols is 1. The highest BCUT2D eigenvalue weighted by atomic mass is 16.5. The number of hydrogen-bond donors (Lipinski definition) is 5. The second-order valence-electron chi connectivity index (χ2n) is 16.0. The molecule has 0 radical (unpaired) electrons. The summed E-state index contributed by atoms with van der Waals surface area (Å²) in [7, 11) is 1.55. The van der Waals surface area contributed by atoms with Gasteiger partial charge in [-0.05, 0) is 54.7 Å². The van der Waals surface area contributed by atoms with Gasteiger partial charge in [0.1, 0.15) is 17.5 Å². The van der Waals surface area contributed by atoms with Crippen LogP contribution in [-0.4, -0.2) is 146 Å². The molecule has 5 N–H and O–H groups in total. The van der Waals surface area contributed by atoms with Crippen molar-refractivity contribution in [3.63, 3.8) is 0 Å². The summed E-state index contributed by atoms with van der Waals surface area (Å²) >= 11 is 0. The van der Waals surface area contributed by atoms with Crippen molar-refractivity contribution in [1.29, 1.82) is 0 Å². The Kier molecular flexibility index (Phi) is 16.2. The van der Waals surface area contributed by atoms with Crippen LogP contribution in [0.5, 0.6) is 11.5 Å². The van der Waals surface area contributed by atoms with Gasteiger partial charge in [0.15, 0.2) is 18.1 Å². The average Bonchev–Trinajstić information content (AvgIpc) is 4.05. The smallest absolute Gasteiger partial charge is 0.273 e. The Morgan fingerprint density at radius 3 is 2.37 bits per heavy atom. The second kappa shape index (κ2) is 22.8. The fourth-order valence-electron chi connectivity index (χ4n) is 7.85. The van der Waals surface area contributed by atoms with E-state index in [1.165, 1.54) is 46.9 Å². The standard InChI is InChI=1S/C47H51N7O14/c1-53(45(61)31-11-9-29(25-36(31)55)38-26-34(52-68-38)43(59)50-33-12-10-28-5-2-3-6-30(28)33)18-16-48-39(56)15-19-64-21-23-66-24-22-65-20-17-49-41(58)27-67-37-8-4-7-32-42(37)47(63)54(46(32)62)35-13-14-40(57)51-44(35)60/h2-9,11,25-26,33,35,55H,10,12-24,27H2,1H3,(H,48,56)(H,49,58)(H,50,59)(H,51,57,60)/t33-,35?/m1/s1. The molecule has 358 valence electrons.